The molecule has 36 heavy (non-hydrogen) atoms. The summed E-state index contributed by atoms with van der Waals surface area (Å²) in [4.78, 5) is 41.0. The molecule has 4 rings (SSSR count). The van der Waals surface area contributed by atoms with Gasteiger partial charge in [0.2, 0.25) is 0 Å². The van der Waals surface area contributed by atoms with Gasteiger partial charge in [0.15, 0.2) is 5.78 Å². The monoisotopic (exact) mass is 526 g/mol. The average Bonchev–Trinajstić information content (AvgIpc) is 3.22. The number of amides is 2. The van der Waals surface area contributed by atoms with Crippen LogP contribution in [0, 0.1) is 0 Å². The number of aliphatic hydroxyl groups is 1. The van der Waals surface area contributed by atoms with Crippen LogP contribution in [0.2, 0.25) is 5.02 Å². The molecular weight excluding hydrogens is 500 g/mol. The average molecular weight is 527 g/mol. The molecule has 2 aromatic carbocycles. The van der Waals surface area contributed by atoms with Gasteiger partial charge in [0.25, 0.3) is 11.8 Å². The maximum Gasteiger partial charge on any atom is 0.268 e. The Morgan fingerprint density at radius 3 is 2.64 bits per heavy atom. The molecule has 1 aliphatic rings. The lowest BCUT2D eigenvalue weighted by atomic mass is 10.0. The number of hydrogen-bond acceptors (Lipinski definition) is 6. The molecule has 1 aromatic heterocycles. The number of ether oxygens (including phenoxy) is 1. The van der Waals surface area contributed by atoms with Crippen LogP contribution in [0.1, 0.15) is 55.7 Å². The topological polar surface area (TPSA) is 95.9 Å². The Balaban J connectivity index is 1.63. The second kappa shape index (κ2) is 10.8. The molecular formula is C27H27ClN2O5S. The summed E-state index contributed by atoms with van der Waals surface area (Å²) in [5, 5.41) is 12.5. The van der Waals surface area contributed by atoms with E-state index in [0.717, 1.165) is 16.0 Å². The fourth-order valence-electron chi connectivity index (χ4n) is 4.04. The summed E-state index contributed by atoms with van der Waals surface area (Å²) in [6.07, 6.45) is 0.630. The summed E-state index contributed by atoms with van der Waals surface area (Å²) in [7, 11) is 3.21. The predicted molar refractivity (Wildman–Crippen MR) is 142 cm³/mol. The first-order valence-corrected chi connectivity index (χ1v) is 12.8. The lowest BCUT2D eigenvalue weighted by Crippen LogP contribution is -2.26. The molecule has 0 saturated carbocycles. The minimum Gasteiger partial charge on any atom is -0.493 e. The number of rotatable bonds is 7. The Morgan fingerprint density at radius 1 is 1.17 bits per heavy atom. The third-order valence-corrected chi connectivity index (χ3v) is 7.61. The van der Waals surface area contributed by atoms with E-state index in [9.17, 15) is 19.5 Å². The number of anilines is 1. The van der Waals surface area contributed by atoms with Crippen LogP contribution in [0.3, 0.4) is 0 Å². The number of carbonyl (C=O) groups is 3. The van der Waals surface area contributed by atoms with Gasteiger partial charge in [-0.05, 0) is 61.4 Å². The van der Waals surface area contributed by atoms with E-state index in [4.69, 9.17) is 16.3 Å². The lowest BCUT2D eigenvalue weighted by molar-refractivity contribution is 0.0946. The van der Waals surface area contributed by atoms with E-state index in [-0.39, 0.29) is 24.0 Å². The van der Waals surface area contributed by atoms with Crippen LogP contribution in [-0.2, 0) is 6.42 Å². The Morgan fingerprint density at radius 2 is 1.92 bits per heavy atom. The largest absolute Gasteiger partial charge is 0.493 e. The molecule has 1 atom stereocenters. The molecule has 0 fully saturated rings. The van der Waals surface area contributed by atoms with Gasteiger partial charge in [0.05, 0.1) is 28.3 Å². The Bertz CT molecular complexity index is 1330. The van der Waals surface area contributed by atoms with Gasteiger partial charge in [-0.3, -0.25) is 14.4 Å². The van der Waals surface area contributed by atoms with Crippen molar-refractivity contribution in [2.75, 3.05) is 25.6 Å². The number of hydrogen-bond donors (Lipinski definition) is 2. The molecule has 0 unspecified atom stereocenters. The van der Waals surface area contributed by atoms with Crippen molar-refractivity contribution in [1.82, 2.24) is 5.32 Å². The number of Topliss-reactive ketones (excluding diaryl/α,β-unsaturated/α-hetero) is 1. The molecule has 2 N–H and O–H groups in total. The normalized spacial score (nSPS) is 13.0. The minimum atomic E-state index is -0.565. The van der Waals surface area contributed by atoms with Gasteiger partial charge in [0.1, 0.15) is 5.75 Å². The number of benzene rings is 2. The van der Waals surface area contributed by atoms with Crippen LogP contribution < -0.4 is 15.0 Å². The molecule has 3 aromatic rings. The highest BCUT2D eigenvalue weighted by molar-refractivity contribution is 7.17. The van der Waals surface area contributed by atoms with E-state index in [2.05, 4.69) is 5.32 Å². The first-order valence-electron chi connectivity index (χ1n) is 11.6. The zero-order valence-electron chi connectivity index (χ0n) is 20.3. The zero-order chi connectivity index (χ0) is 26.0. The number of halogens is 1. The van der Waals surface area contributed by atoms with Crippen molar-refractivity contribution in [1.29, 1.82) is 0 Å². The highest BCUT2D eigenvalue weighted by Crippen LogP contribution is 2.42. The fourth-order valence-corrected chi connectivity index (χ4v) is 5.50. The van der Waals surface area contributed by atoms with Crippen LogP contribution in [0.4, 0.5) is 5.69 Å². The van der Waals surface area contributed by atoms with Gasteiger partial charge < -0.3 is 20.1 Å². The summed E-state index contributed by atoms with van der Waals surface area (Å²) in [6, 6.07) is 12.0. The Hall–Kier alpha value is -3.20. The van der Waals surface area contributed by atoms with E-state index in [1.165, 1.54) is 16.2 Å². The van der Waals surface area contributed by atoms with Crippen LogP contribution in [-0.4, -0.2) is 49.5 Å². The van der Waals surface area contributed by atoms with Crippen molar-refractivity contribution >= 4 is 46.2 Å². The van der Waals surface area contributed by atoms with Crippen molar-refractivity contribution in [2.24, 2.45) is 0 Å². The second-order valence-electron chi connectivity index (χ2n) is 8.69. The molecule has 0 aliphatic carbocycles. The third-order valence-electron chi connectivity index (χ3n) is 6.09. The van der Waals surface area contributed by atoms with Gasteiger partial charge in [0, 0.05) is 48.5 Å². The zero-order valence-corrected chi connectivity index (χ0v) is 21.8. The third kappa shape index (κ3) is 5.31. The van der Waals surface area contributed by atoms with Crippen molar-refractivity contribution in [3.05, 3.63) is 69.1 Å². The van der Waals surface area contributed by atoms with Crippen molar-refractivity contribution in [3.8, 4) is 16.2 Å². The molecule has 0 bridgehead atoms. The maximum absolute atomic E-state index is 13.5. The highest BCUT2D eigenvalue weighted by Gasteiger charge is 2.25. The molecule has 0 saturated heterocycles. The van der Waals surface area contributed by atoms with Gasteiger partial charge in [-0.15, -0.1) is 11.3 Å². The van der Waals surface area contributed by atoms with E-state index in [1.807, 2.05) is 12.1 Å². The van der Waals surface area contributed by atoms with Gasteiger partial charge in [-0.2, -0.15) is 0 Å². The molecule has 7 nitrogen and oxygen atoms in total. The van der Waals surface area contributed by atoms with E-state index >= 15 is 0 Å². The summed E-state index contributed by atoms with van der Waals surface area (Å²) in [6.45, 7) is 2.07. The van der Waals surface area contributed by atoms with Crippen molar-refractivity contribution in [3.63, 3.8) is 0 Å². The molecule has 0 radical (unpaired) electrons. The number of thiophene rings is 1. The van der Waals surface area contributed by atoms with Crippen LogP contribution >= 0.6 is 22.9 Å². The molecule has 2 amide bonds. The standard InChI is InChI=1S/C27H27ClN2O5S/c1-15(31)4-9-22(32)16-6-8-20(28)21(12-16)30(3)27(34)24-14-17-10-11-35-23-13-18(26(33)29-2)5-7-19(23)25(17)36-24/h5-8,12-15,31H,4,9-11H2,1-3H3,(H,29,33)/t15-/m1/s1. The quantitative estimate of drug-likeness (QED) is 0.423. The lowest BCUT2D eigenvalue weighted by Gasteiger charge is -2.19. The maximum atomic E-state index is 13.5. The summed E-state index contributed by atoms with van der Waals surface area (Å²) < 4.78 is 5.89. The van der Waals surface area contributed by atoms with Crippen molar-refractivity contribution in [2.45, 2.75) is 32.3 Å². The molecule has 0 spiro atoms. The molecule has 2 heterocycles. The number of nitrogens with one attached hydrogen (secondary N) is 1. The van der Waals surface area contributed by atoms with Crippen LogP contribution in [0.25, 0.3) is 10.4 Å². The van der Waals surface area contributed by atoms with Crippen LogP contribution in [0.5, 0.6) is 5.75 Å². The summed E-state index contributed by atoms with van der Waals surface area (Å²) in [5.74, 6) is 0.0479. The first-order chi connectivity index (χ1) is 17.2. The van der Waals surface area contributed by atoms with Gasteiger partial charge in [-0.1, -0.05) is 11.6 Å². The van der Waals surface area contributed by atoms with Gasteiger partial charge in [-0.25, -0.2) is 0 Å². The predicted octanol–water partition coefficient (Wildman–Crippen LogP) is 4.98. The van der Waals surface area contributed by atoms with Gasteiger partial charge >= 0.3 is 0 Å². The number of ketones is 1. The minimum absolute atomic E-state index is 0.120. The number of aliphatic hydroxyl groups excluding tert-OH is 1. The summed E-state index contributed by atoms with van der Waals surface area (Å²) >= 11 is 7.77. The second-order valence-corrected chi connectivity index (χ2v) is 10.2. The first kappa shape index (κ1) is 25.9. The number of nitrogens with zero attached hydrogens (tertiary/aromatic N) is 1. The number of carbonyl (C=O) groups excluding carboxylic acids is 3. The SMILES string of the molecule is CNC(=O)c1ccc2c(c1)OCCc1cc(C(=O)N(C)c3cc(C(=O)CC[C@@H](C)O)ccc3Cl)sc1-2. The highest BCUT2D eigenvalue weighted by atomic mass is 35.5. The molecule has 9 heteroatoms. The smallest absolute Gasteiger partial charge is 0.268 e. The van der Waals surface area contributed by atoms with Crippen molar-refractivity contribution < 1.29 is 24.2 Å². The molecule has 188 valence electrons. The Labute approximate surface area is 218 Å². The van der Waals surface area contributed by atoms with E-state index < -0.39 is 6.10 Å². The Kier molecular flexibility index (Phi) is 7.78. The van der Waals surface area contributed by atoms with E-state index in [1.54, 1.807) is 51.4 Å². The molecule has 1 aliphatic heterocycles. The summed E-state index contributed by atoms with van der Waals surface area (Å²) in [5.41, 5.74) is 3.22. The van der Waals surface area contributed by atoms with Crippen LogP contribution in [0.15, 0.2) is 42.5 Å². The van der Waals surface area contributed by atoms with E-state index in [0.29, 0.717) is 51.9 Å². The number of fused-ring (bicyclic) bond motifs is 3. The fraction of sp³-hybridized carbons (Fsp3) is 0.296.